The maximum Gasteiger partial charge on any atom is 0.223 e. The number of hydrogen-bond donors (Lipinski definition) is 3. The summed E-state index contributed by atoms with van der Waals surface area (Å²) in [6, 6.07) is 8.07. The van der Waals surface area contributed by atoms with Gasteiger partial charge in [-0.05, 0) is 26.3 Å². The first-order chi connectivity index (χ1) is 31.6. The Labute approximate surface area is 384 Å². The summed E-state index contributed by atoms with van der Waals surface area (Å²) in [7, 11) is 0. The van der Waals surface area contributed by atoms with E-state index in [1.165, 1.54) is 0 Å². The molecule has 0 radical (unpaired) electrons. The zero-order valence-corrected chi connectivity index (χ0v) is 39.2. The molecule has 3 aromatic rings. The summed E-state index contributed by atoms with van der Waals surface area (Å²) < 4.78 is 46.2. The van der Waals surface area contributed by atoms with Crippen molar-refractivity contribution < 1.29 is 52.3 Å². The molecule has 0 spiro atoms. The van der Waals surface area contributed by atoms with E-state index in [-0.39, 0.29) is 30.4 Å². The Morgan fingerprint density at radius 3 is 1.74 bits per heavy atom. The van der Waals surface area contributed by atoms with Crippen LogP contribution in [0.2, 0.25) is 0 Å². The number of nitrogen functional groups attached to an aromatic ring is 1. The van der Waals surface area contributed by atoms with Crippen LogP contribution in [0.4, 0.5) is 5.82 Å². The lowest BCUT2D eigenvalue weighted by Gasteiger charge is -2.35. The minimum atomic E-state index is -0.826. The van der Waals surface area contributed by atoms with Crippen LogP contribution in [0.1, 0.15) is 58.7 Å². The highest BCUT2D eigenvalue weighted by molar-refractivity contribution is 6.06. The second kappa shape index (κ2) is 31.2. The van der Waals surface area contributed by atoms with E-state index < -0.39 is 5.54 Å². The summed E-state index contributed by atoms with van der Waals surface area (Å²) in [5.41, 5.74) is 14.0. The number of Topliss-reactive ketones (excluding diaryl/α,β-unsaturated/α-hetero) is 1. The van der Waals surface area contributed by atoms with Crippen molar-refractivity contribution >= 4 is 45.4 Å². The van der Waals surface area contributed by atoms with Crippen LogP contribution < -0.4 is 16.8 Å². The van der Waals surface area contributed by atoms with Gasteiger partial charge in [0.05, 0.1) is 122 Å². The van der Waals surface area contributed by atoms with Crippen LogP contribution in [0, 0.1) is 0 Å². The highest BCUT2D eigenvalue weighted by Crippen LogP contribution is 2.29. The zero-order chi connectivity index (χ0) is 46.5. The molecule has 19 nitrogen and oxygen atoms in total. The van der Waals surface area contributed by atoms with Gasteiger partial charge in [-0.15, -0.1) is 0 Å². The fourth-order valence-corrected chi connectivity index (χ4v) is 6.99. The molecule has 3 heterocycles. The molecule has 5 N–H and O–H groups in total. The normalized spacial score (nSPS) is 13.6. The lowest BCUT2D eigenvalue weighted by molar-refractivity contribution is -0.135. The van der Waals surface area contributed by atoms with Crippen molar-refractivity contribution in [2.45, 2.75) is 71.4 Å². The van der Waals surface area contributed by atoms with Crippen LogP contribution in [-0.2, 0) is 65.2 Å². The lowest BCUT2D eigenvalue weighted by Crippen LogP contribution is -2.49. The van der Waals surface area contributed by atoms with Gasteiger partial charge in [0.25, 0.3) is 0 Å². The first-order valence-corrected chi connectivity index (χ1v) is 23.3. The van der Waals surface area contributed by atoms with Crippen molar-refractivity contribution in [2.75, 3.05) is 151 Å². The largest absolute Gasteiger partial charge is 0.382 e. The smallest absolute Gasteiger partial charge is 0.223 e. The first kappa shape index (κ1) is 53.7. The van der Waals surface area contributed by atoms with Crippen molar-refractivity contribution in [3.63, 3.8) is 0 Å². The van der Waals surface area contributed by atoms with Crippen molar-refractivity contribution in [3.05, 3.63) is 30.1 Å². The number of piperazine rings is 1. The summed E-state index contributed by atoms with van der Waals surface area (Å²) >= 11 is 0. The average molecular weight is 917 g/mol. The van der Waals surface area contributed by atoms with Gasteiger partial charge in [0.2, 0.25) is 11.8 Å². The number of amides is 2. The fraction of sp³-hybridized carbons (Fsp3) is 0.717. The second-order valence-electron chi connectivity index (χ2n) is 16.4. The standard InChI is InChI=1S/C46H76N8O11/c1-4-5-10-40-51-43-44(37-8-6-7-9-38(37)50-45(43)47)54(40)20-17-52-15-18-53(19-16-52)42(57)12-11-41(56)49-14-22-59-24-26-61-28-30-63-32-34-65-36-35-64-33-31-62-29-27-60-25-23-58-21-13-39(55)46(2,3)48/h6-9H,4-5,10-36,48H2,1-3H3,(H2,47,50)(H,49,56). The highest BCUT2D eigenvalue weighted by atomic mass is 16.6. The topological polar surface area (TPSA) is 226 Å². The third-order valence-electron chi connectivity index (χ3n) is 10.7. The van der Waals surface area contributed by atoms with Gasteiger partial charge in [-0.25, -0.2) is 9.97 Å². The molecule has 0 bridgehead atoms. The quantitative estimate of drug-likeness (QED) is 0.0706. The Bertz CT molecular complexity index is 1820. The first-order valence-electron chi connectivity index (χ1n) is 23.3. The number of carbonyl (C=O) groups excluding carboxylic acids is 3. The Morgan fingerprint density at radius 1 is 0.677 bits per heavy atom. The maximum absolute atomic E-state index is 12.9. The number of anilines is 1. The molecule has 4 rings (SSSR count). The molecule has 65 heavy (non-hydrogen) atoms. The number of benzene rings is 1. The third kappa shape index (κ3) is 20.7. The number of ketones is 1. The SMILES string of the molecule is CCCCc1nc2c(N)nc3ccccc3c2n1CCN1CCN(C(=O)CCC(=O)NCCOCCOCCOCCOCCOCCOCCOCCOCCC(=O)C(C)(C)N)CC1. The predicted molar refractivity (Wildman–Crippen MR) is 248 cm³/mol. The van der Waals surface area contributed by atoms with E-state index in [1.54, 1.807) is 13.8 Å². The average Bonchev–Trinajstić information content (AvgIpc) is 3.67. The molecule has 366 valence electrons. The van der Waals surface area contributed by atoms with Gasteiger partial charge in [-0.2, -0.15) is 0 Å². The van der Waals surface area contributed by atoms with E-state index in [0.717, 1.165) is 73.2 Å². The zero-order valence-electron chi connectivity index (χ0n) is 39.2. The summed E-state index contributed by atoms with van der Waals surface area (Å²) in [5, 5.41) is 3.89. The Kier molecular flexibility index (Phi) is 25.7. The monoisotopic (exact) mass is 917 g/mol. The lowest BCUT2D eigenvalue weighted by atomic mass is 9.99. The van der Waals surface area contributed by atoms with Crippen molar-refractivity contribution in [1.29, 1.82) is 0 Å². The van der Waals surface area contributed by atoms with Gasteiger partial charge in [-0.3, -0.25) is 19.3 Å². The molecule has 1 aliphatic heterocycles. The van der Waals surface area contributed by atoms with Gasteiger partial charge >= 0.3 is 0 Å². The van der Waals surface area contributed by atoms with E-state index in [1.807, 2.05) is 23.1 Å². The Balaban J connectivity index is 0.890. The van der Waals surface area contributed by atoms with Gasteiger partial charge < -0.3 is 64.1 Å². The minimum absolute atomic E-state index is 0.00375. The molecule has 1 aliphatic rings. The molecule has 2 amide bonds. The number of unbranched alkanes of at least 4 members (excludes halogenated alkanes) is 1. The number of para-hydroxylation sites is 1. The van der Waals surface area contributed by atoms with Gasteiger partial charge in [0.1, 0.15) is 11.3 Å². The predicted octanol–water partition coefficient (Wildman–Crippen LogP) is 2.38. The van der Waals surface area contributed by atoms with E-state index >= 15 is 0 Å². The highest BCUT2D eigenvalue weighted by Gasteiger charge is 2.23. The molecule has 0 unspecified atom stereocenters. The molecule has 0 saturated carbocycles. The number of hydrogen-bond acceptors (Lipinski definition) is 16. The number of nitrogens with two attached hydrogens (primary N) is 2. The van der Waals surface area contributed by atoms with Crippen LogP contribution in [0.15, 0.2) is 24.3 Å². The van der Waals surface area contributed by atoms with Crippen LogP contribution in [0.5, 0.6) is 0 Å². The number of pyridine rings is 1. The molecule has 2 aromatic heterocycles. The molecule has 1 fully saturated rings. The number of fused-ring (bicyclic) bond motifs is 3. The molecule has 0 atom stereocenters. The van der Waals surface area contributed by atoms with Crippen LogP contribution in [-0.4, -0.2) is 192 Å². The Hall–Kier alpha value is -3.89. The van der Waals surface area contributed by atoms with Crippen molar-refractivity contribution in [3.8, 4) is 0 Å². The van der Waals surface area contributed by atoms with E-state index in [4.69, 9.17) is 54.3 Å². The van der Waals surface area contributed by atoms with E-state index in [9.17, 15) is 14.4 Å². The number of nitrogens with zero attached hydrogens (tertiary/aromatic N) is 5. The van der Waals surface area contributed by atoms with Crippen LogP contribution >= 0.6 is 0 Å². The van der Waals surface area contributed by atoms with Crippen molar-refractivity contribution in [2.24, 2.45) is 5.73 Å². The number of aromatic nitrogens is 3. The maximum atomic E-state index is 12.9. The van der Waals surface area contributed by atoms with Gasteiger partial charge in [-0.1, -0.05) is 31.5 Å². The minimum Gasteiger partial charge on any atom is -0.382 e. The molecule has 19 heteroatoms. The number of imidazole rings is 1. The Morgan fingerprint density at radius 2 is 1.20 bits per heavy atom. The van der Waals surface area contributed by atoms with Crippen molar-refractivity contribution in [1.82, 2.24) is 29.7 Å². The number of nitrogens with one attached hydrogen (secondary N) is 1. The number of aryl methyl sites for hydroxylation is 1. The van der Waals surface area contributed by atoms with E-state index in [0.29, 0.717) is 138 Å². The third-order valence-corrected chi connectivity index (χ3v) is 10.7. The number of rotatable bonds is 37. The summed E-state index contributed by atoms with van der Waals surface area (Å²) in [6.45, 7) is 17.3. The summed E-state index contributed by atoms with van der Waals surface area (Å²) in [6.07, 6.45) is 3.64. The molecular formula is C46H76N8O11. The van der Waals surface area contributed by atoms with Gasteiger partial charge in [0.15, 0.2) is 11.6 Å². The van der Waals surface area contributed by atoms with Gasteiger partial charge in [0, 0.05) is 76.9 Å². The fourth-order valence-electron chi connectivity index (χ4n) is 6.99. The number of carbonyl (C=O) groups is 3. The molecular weight excluding hydrogens is 841 g/mol. The van der Waals surface area contributed by atoms with Crippen LogP contribution in [0.25, 0.3) is 21.9 Å². The summed E-state index contributed by atoms with van der Waals surface area (Å²) in [5.74, 6) is 1.31. The summed E-state index contributed by atoms with van der Waals surface area (Å²) in [4.78, 5) is 50.9. The molecule has 1 aromatic carbocycles. The second-order valence-corrected chi connectivity index (χ2v) is 16.4. The van der Waals surface area contributed by atoms with E-state index in [2.05, 4.69) is 32.8 Å². The number of ether oxygens (including phenoxy) is 8. The van der Waals surface area contributed by atoms with Crippen LogP contribution in [0.3, 0.4) is 0 Å². The molecule has 0 aliphatic carbocycles. The molecule has 1 saturated heterocycles.